The van der Waals surface area contributed by atoms with E-state index in [1.54, 1.807) is 26.2 Å². The number of ether oxygens (including phenoxy) is 2. The van der Waals surface area contributed by atoms with Crippen LogP contribution in [0.4, 0.5) is 4.79 Å². The predicted octanol–water partition coefficient (Wildman–Crippen LogP) is 2.91. The van der Waals surface area contributed by atoms with Crippen LogP contribution in [0.3, 0.4) is 0 Å². The minimum atomic E-state index is -0.160. The van der Waals surface area contributed by atoms with Crippen molar-refractivity contribution in [3.8, 4) is 11.5 Å². The lowest BCUT2D eigenvalue weighted by atomic mass is 9.96. The van der Waals surface area contributed by atoms with E-state index in [9.17, 15) is 4.79 Å². The van der Waals surface area contributed by atoms with Gasteiger partial charge in [0.2, 0.25) is 0 Å². The summed E-state index contributed by atoms with van der Waals surface area (Å²) in [5.41, 5.74) is 2.97. The van der Waals surface area contributed by atoms with Crippen molar-refractivity contribution in [3.63, 3.8) is 0 Å². The standard InChI is InChI=1S/C19H25N3O4/c1-22(12-15-14-6-4-5-7-16(14)26-21-15)19(23)20-11-13-8-9-17(24-2)18(10-13)25-3/h8-10H,4-7,11-12H2,1-3H3,(H,20,23). The van der Waals surface area contributed by atoms with E-state index in [2.05, 4.69) is 10.5 Å². The Morgan fingerprint density at radius 3 is 2.77 bits per heavy atom. The summed E-state index contributed by atoms with van der Waals surface area (Å²) >= 11 is 0. The quantitative estimate of drug-likeness (QED) is 0.858. The number of carbonyl (C=O) groups is 1. The van der Waals surface area contributed by atoms with Crippen LogP contribution < -0.4 is 14.8 Å². The molecule has 0 aliphatic heterocycles. The topological polar surface area (TPSA) is 76.8 Å². The number of aromatic nitrogens is 1. The van der Waals surface area contributed by atoms with Crippen molar-refractivity contribution in [2.45, 2.75) is 38.8 Å². The van der Waals surface area contributed by atoms with Crippen LogP contribution in [0.2, 0.25) is 0 Å². The number of amides is 2. The average Bonchev–Trinajstić information content (AvgIpc) is 3.08. The summed E-state index contributed by atoms with van der Waals surface area (Å²) in [6.45, 7) is 0.844. The normalized spacial score (nSPS) is 13.0. The summed E-state index contributed by atoms with van der Waals surface area (Å²) in [6.07, 6.45) is 4.21. The third-order valence-corrected chi connectivity index (χ3v) is 4.66. The van der Waals surface area contributed by atoms with Gasteiger partial charge in [0.05, 0.1) is 20.8 Å². The maximum absolute atomic E-state index is 12.4. The number of nitrogens with one attached hydrogen (secondary N) is 1. The summed E-state index contributed by atoms with van der Waals surface area (Å²) in [5.74, 6) is 2.28. The highest BCUT2D eigenvalue weighted by Gasteiger charge is 2.21. The molecule has 0 saturated heterocycles. The highest BCUT2D eigenvalue weighted by molar-refractivity contribution is 5.73. The minimum absolute atomic E-state index is 0.160. The molecule has 7 nitrogen and oxygen atoms in total. The van der Waals surface area contributed by atoms with Crippen molar-refractivity contribution in [1.82, 2.24) is 15.4 Å². The van der Waals surface area contributed by atoms with Gasteiger partial charge in [0, 0.05) is 25.6 Å². The second-order valence-electron chi connectivity index (χ2n) is 6.44. The van der Waals surface area contributed by atoms with E-state index in [-0.39, 0.29) is 6.03 Å². The smallest absolute Gasteiger partial charge is 0.317 e. The number of rotatable bonds is 6. The SMILES string of the molecule is COc1ccc(CNC(=O)N(C)Cc2noc3c2CCCC3)cc1OC. The Kier molecular flexibility index (Phi) is 5.65. The molecule has 1 heterocycles. The van der Waals surface area contributed by atoms with Gasteiger partial charge in [-0.25, -0.2) is 4.79 Å². The van der Waals surface area contributed by atoms with Gasteiger partial charge in [-0.1, -0.05) is 11.2 Å². The van der Waals surface area contributed by atoms with E-state index in [0.717, 1.165) is 42.7 Å². The Hall–Kier alpha value is -2.70. The number of methoxy groups -OCH3 is 2. The monoisotopic (exact) mass is 359 g/mol. The lowest BCUT2D eigenvalue weighted by Gasteiger charge is -2.18. The minimum Gasteiger partial charge on any atom is -0.493 e. The highest BCUT2D eigenvalue weighted by atomic mass is 16.5. The van der Waals surface area contributed by atoms with Crippen LogP contribution in [0.15, 0.2) is 22.7 Å². The molecular weight excluding hydrogens is 334 g/mol. The first-order valence-corrected chi connectivity index (χ1v) is 8.78. The van der Waals surface area contributed by atoms with E-state index in [1.807, 2.05) is 18.2 Å². The van der Waals surface area contributed by atoms with Crippen molar-refractivity contribution in [2.24, 2.45) is 0 Å². The Morgan fingerprint density at radius 2 is 2.00 bits per heavy atom. The molecule has 0 radical (unpaired) electrons. The van der Waals surface area contributed by atoms with Crippen LogP contribution >= 0.6 is 0 Å². The van der Waals surface area contributed by atoms with Gasteiger partial charge in [0.25, 0.3) is 0 Å². The summed E-state index contributed by atoms with van der Waals surface area (Å²) in [6, 6.07) is 5.42. The largest absolute Gasteiger partial charge is 0.493 e. The van der Waals surface area contributed by atoms with Gasteiger partial charge in [-0.2, -0.15) is 0 Å². The highest BCUT2D eigenvalue weighted by Crippen LogP contribution is 2.27. The van der Waals surface area contributed by atoms with E-state index in [0.29, 0.717) is 24.6 Å². The van der Waals surface area contributed by atoms with Gasteiger partial charge in [0.15, 0.2) is 11.5 Å². The van der Waals surface area contributed by atoms with Crippen LogP contribution in [0, 0.1) is 0 Å². The predicted molar refractivity (Wildman–Crippen MR) is 96.4 cm³/mol. The molecule has 2 amide bonds. The molecule has 1 aliphatic carbocycles. The molecule has 0 fully saturated rings. The molecule has 0 atom stereocenters. The Morgan fingerprint density at radius 1 is 1.23 bits per heavy atom. The van der Waals surface area contributed by atoms with Gasteiger partial charge >= 0.3 is 6.03 Å². The van der Waals surface area contributed by atoms with Gasteiger partial charge in [-0.15, -0.1) is 0 Å². The molecule has 0 spiro atoms. The van der Waals surface area contributed by atoms with Crippen molar-refractivity contribution < 1.29 is 18.8 Å². The zero-order valence-corrected chi connectivity index (χ0v) is 15.5. The number of hydrogen-bond donors (Lipinski definition) is 1. The van der Waals surface area contributed by atoms with Crippen LogP contribution in [0.25, 0.3) is 0 Å². The van der Waals surface area contributed by atoms with E-state index in [1.165, 1.54) is 5.56 Å². The Labute approximate surface area is 153 Å². The van der Waals surface area contributed by atoms with E-state index in [4.69, 9.17) is 14.0 Å². The number of carbonyl (C=O) groups excluding carboxylic acids is 1. The zero-order valence-electron chi connectivity index (χ0n) is 15.5. The zero-order chi connectivity index (χ0) is 18.5. The first kappa shape index (κ1) is 18.1. The Balaban J connectivity index is 1.57. The summed E-state index contributed by atoms with van der Waals surface area (Å²) in [5, 5.41) is 7.07. The Bertz CT molecular complexity index is 772. The molecule has 0 bridgehead atoms. The number of urea groups is 1. The molecule has 2 aromatic rings. The lowest BCUT2D eigenvalue weighted by Crippen LogP contribution is -2.36. The van der Waals surface area contributed by atoms with Crippen LogP contribution in [0.1, 0.15) is 35.4 Å². The summed E-state index contributed by atoms with van der Waals surface area (Å²) in [7, 11) is 4.94. The number of benzene rings is 1. The summed E-state index contributed by atoms with van der Waals surface area (Å²) < 4.78 is 15.9. The van der Waals surface area contributed by atoms with Crippen molar-refractivity contribution in [3.05, 3.63) is 40.8 Å². The molecule has 0 saturated carbocycles. The summed E-state index contributed by atoms with van der Waals surface area (Å²) in [4.78, 5) is 14.0. The van der Waals surface area contributed by atoms with Crippen molar-refractivity contribution >= 4 is 6.03 Å². The molecule has 140 valence electrons. The number of aryl methyl sites for hydroxylation is 1. The van der Waals surface area contributed by atoms with Crippen LogP contribution in [-0.2, 0) is 25.9 Å². The van der Waals surface area contributed by atoms with Crippen molar-refractivity contribution in [2.75, 3.05) is 21.3 Å². The second kappa shape index (κ2) is 8.12. The average molecular weight is 359 g/mol. The molecule has 1 aromatic carbocycles. The first-order chi connectivity index (χ1) is 12.6. The van der Waals surface area contributed by atoms with E-state index >= 15 is 0 Å². The van der Waals surface area contributed by atoms with Gasteiger partial charge in [0.1, 0.15) is 11.5 Å². The molecule has 26 heavy (non-hydrogen) atoms. The van der Waals surface area contributed by atoms with E-state index < -0.39 is 0 Å². The van der Waals surface area contributed by atoms with Gasteiger partial charge in [-0.3, -0.25) is 0 Å². The molecule has 1 aliphatic rings. The number of fused-ring (bicyclic) bond motifs is 1. The molecule has 0 unspecified atom stereocenters. The molecule has 3 rings (SSSR count). The number of hydrogen-bond acceptors (Lipinski definition) is 5. The second-order valence-corrected chi connectivity index (χ2v) is 6.44. The fraction of sp³-hybridized carbons (Fsp3) is 0.474. The van der Waals surface area contributed by atoms with Crippen molar-refractivity contribution in [1.29, 1.82) is 0 Å². The number of nitrogens with zero attached hydrogens (tertiary/aromatic N) is 2. The molecule has 1 aromatic heterocycles. The fourth-order valence-corrected chi connectivity index (χ4v) is 3.17. The lowest BCUT2D eigenvalue weighted by molar-refractivity contribution is 0.205. The molecule has 1 N–H and O–H groups in total. The third kappa shape index (κ3) is 3.92. The first-order valence-electron chi connectivity index (χ1n) is 8.78. The fourth-order valence-electron chi connectivity index (χ4n) is 3.17. The molecule has 7 heteroatoms. The van der Waals surface area contributed by atoms with Crippen LogP contribution in [0.5, 0.6) is 11.5 Å². The maximum atomic E-state index is 12.4. The molecular formula is C19H25N3O4. The van der Waals surface area contributed by atoms with Gasteiger partial charge < -0.3 is 24.2 Å². The third-order valence-electron chi connectivity index (χ3n) is 4.66. The van der Waals surface area contributed by atoms with Gasteiger partial charge in [-0.05, 0) is 37.0 Å². The maximum Gasteiger partial charge on any atom is 0.317 e. The van der Waals surface area contributed by atoms with Crippen LogP contribution in [-0.4, -0.2) is 37.4 Å².